The average molecular weight is 240 g/mol. The number of hydrogen-bond donors (Lipinski definition) is 1. The first-order valence-electron chi connectivity index (χ1n) is 6.07. The third kappa shape index (κ3) is 3.17. The number of amides is 1. The van der Waals surface area contributed by atoms with Gasteiger partial charge in [-0.05, 0) is 30.7 Å². The summed E-state index contributed by atoms with van der Waals surface area (Å²) in [5.74, 6) is 0.0520. The second-order valence-electron chi connectivity index (χ2n) is 4.02. The van der Waals surface area contributed by atoms with E-state index in [1.165, 1.54) is 0 Å². The number of carbonyl (C=O) groups is 1. The van der Waals surface area contributed by atoms with Crippen LogP contribution in [0.25, 0.3) is 17.0 Å². The fourth-order valence-electron chi connectivity index (χ4n) is 1.77. The van der Waals surface area contributed by atoms with Gasteiger partial charge in [0.05, 0.1) is 5.52 Å². The molecule has 0 saturated heterocycles. The lowest BCUT2D eigenvalue weighted by Gasteiger charge is -1.99. The Morgan fingerprint density at radius 1 is 1.39 bits per heavy atom. The molecule has 0 fully saturated rings. The van der Waals surface area contributed by atoms with E-state index in [2.05, 4.69) is 16.4 Å². The van der Waals surface area contributed by atoms with Gasteiger partial charge in [-0.2, -0.15) is 0 Å². The van der Waals surface area contributed by atoms with Crippen molar-refractivity contribution in [1.29, 1.82) is 0 Å². The zero-order valence-electron chi connectivity index (χ0n) is 10.4. The van der Waals surface area contributed by atoms with Crippen LogP contribution in [0.1, 0.15) is 18.9 Å². The summed E-state index contributed by atoms with van der Waals surface area (Å²) in [6.45, 7) is 2.59. The van der Waals surface area contributed by atoms with Gasteiger partial charge in [0.15, 0.2) is 0 Å². The summed E-state index contributed by atoms with van der Waals surface area (Å²) in [5, 5.41) is 3.87. The van der Waals surface area contributed by atoms with Crippen LogP contribution >= 0.6 is 0 Å². The van der Waals surface area contributed by atoms with Crippen LogP contribution in [0.5, 0.6) is 0 Å². The monoisotopic (exact) mass is 240 g/mol. The van der Waals surface area contributed by atoms with Gasteiger partial charge in [-0.15, -0.1) is 0 Å². The molecule has 0 aliphatic heterocycles. The van der Waals surface area contributed by atoms with Crippen LogP contribution < -0.4 is 5.32 Å². The normalized spacial score (nSPS) is 10.9. The maximum atomic E-state index is 11.3. The number of benzene rings is 1. The van der Waals surface area contributed by atoms with Crippen molar-refractivity contribution in [3.63, 3.8) is 0 Å². The van der Waals surface area contributed by atoms with Crippen molar-refractivity contribution in [2.45, 2.75) is 13.3 Å². The van der Waals surface area contributed by atoms with E-state index in [1.54, 1.807) is 6.20 Å². The van der Waals surface area contributed by atoms with Crippen LogP contribution in [0.2, 0.25) is 0 Å². The fraction of sp³-hybridized carbons (Fsp3) is 0.200. The van der Waals surface area contributed by atoms with Gasteiger partial charge in [-0.1, -0.05) is 24.3 Å². The molecule has 0 spiro atoms. The van der Waals surface area contributed by atoms with Gasteiger partial charge in [0.25, 0.3) is 0 Å². The van der Waals surface area contributed by atoms with Gasteiger partial charge in [0, 0.05) is 24.5 Å². The minimum Gasteiger partial charge on any atom is -0.356 e. The number of hydrogen-bond acceptors (Lipinski definition) is 2. The fourth-order valence-corrected chi connectivity index (χ4v) is 1.77. The van der Waals surface area contributed by atoms with Crippen molar-refractivity contribution in [2.75, 3.05) is 6.54 Å². The third-order valence-electron chi connectivity index (χ3n) is 2.61. The van der Waals surface area contributed by atoms with Crippen molar-refractivity contribution in [3.05, 3.63) is 48.2 Å². The highest BCUT2D eigenvalue weighted by atomic mass is 16.1. The first-order valence-corrected chi connectivity index (χ1v) is 6.07. The molecule has 2 aromatic rings. The van der Waals surface area contributed by atoms with Crippen LogP contribution in [0.3, 0.4) is 0 Å². The Hall–Kier alpha value is -2.16. The van der Waals surface area contributed by atoms with Gasteiger partial charge < -0.3 is 5.32 Å². The lowest BCUT2D eigenvalue weighted by atomic mass is 10.1. The molecule has 92 valence electrons. The summed E-state index contributed by atoms with van der Waals surface area (Å²) in [6.07, 6.45) is 6.04. The molecule has 18 heavy (non-hydrogen) atoms. The van der Waals surface area contributed by atoms with Crippen LogP contribution in [-0.2, 0) is 4.79 Å². The maximum absolute atomic E-state index is 11.3. The molecule has 0 atom stereocenters. The van der Waals surface area contributed by atoms with Gasteiger partial charge >= 0.3 is 0 Å². The number of fused-ring (bicyclic) bond motifs is 1. The quantitative estimate of drug-likeness (QED) is 0.892. The second kappa shape index (κ2) is 5.96. The summed E-state index contributed by atoms with van der Waals surface area (Å²) < 4.78 is 0. The van der Waals surface area contributed by atoms with Crippen LogP contribution in [0.4, 0.5) is 0 Å². The molecule has 0 radical (unpaired) electrons. The molecule has 0 aliphatic carbocycles. The van der Waals surface area contributed by atoms with Crippen molar-refractivity contribution >= 4 is 22.9 Å². The van der Waals surface area contributed by atoms with E-state index < -0.39 is 0 Å². The molecule has 1 heterocycles. The Labute approximate surface area is 107 Å². The lowest BCUT2D eigenvalue weighted by molar-refractivity contribution is -0.120. The molecule has 1 N–H and O–H groups in total. The van der Waals surface area contributed by atoms with Gasteiger partial charge in [-0.25, -0.2) is 0 Å². The highest BCUT2D eigenvalue weighted by molar-refractivity contribution is 5.82. The topological polar surface area (TPSA) is 42.0 Å². The summed E-state index contributed by atoms with van der Waals surface area (Å²) in [5.41, 5.74) is 2.07. The molecule has 2 rings (SSSR count). The molecular weight excluding hydrogens is 224 g/mol. The minimum absolute atomic E-state index is 0.0520. The molecule has 3 nitrogen and oxygen atoms in total. The summed E-state index contributed by atoms with van der Waals surface area (Å²) in [7, 11) is 0. The molecule has 0 bridgehead atoms. The lowest BCUT2D eigenvalue weighted by Crippen LogP contribution is -2.21. The number of aromatic nitrogens is 1. The third-order valence-corrected chi connectivity index (χ3v) is 2.61. The molecule has 0 unspecified atom stereocenters. The summed E-state index contributed by atoms with van der Waals surface area (Å²) in [4.78, 5) is 15.5. The predicted molar refractivity (Wildman–Crippen MR) is 74.1 cm³/mol. The SMILES string of the molecule is CCNC(=O)C/C=C/c1ccc2ncccc2c1. The van der Waals surface area contributed by atoms with Gasteiger partial charge in [0.1, 0.15) is 0 Å². The van der Waals surface area contributed by atoms with E-state index in [9.17, 15) is 4.79 Å². The number of carbonyl (C=O) groups excluding carboxylic acids is 1. The second-order valence-corrected chi connectivity index (χ2v) is 4.02. The molecule has 1 aromatic heterocycles. The summed E-state index contributed by atoms with van der Waals surface area (Å²) >= 11 is 0. The summed E-state index contributed by atoms with van der Waals surface area (Å²) in [6, 6.07) is 10.0. The van der Waals surface area contributed by atoms with Crippen molar-refractivity contribution in [1.82, 2.24) is 10.3 Å². The van der Waals surface area contributed by atoms with Crippen molar-refractivity contribution in [2.24, 2.45) is 0 Å². The first-order chi connectivity index (χ1) is 8.79. The molecule has 3 heteroatoms. The first kappa shape index (κ1) is 12.3. The van der Waals surface area contributed by atoms with E-state index in [0.717, 1.165) is 16.5 Å². The zero-order chi connectivity index (χ0) is 12.8. The van der Waals surface area contributed by atoms with Crippen LogP contribution in [-0.4, -0.2) is 17.4 Å². The van der Waals surface area contributed by atoms with E-state index in [0.29, 0.717) is 13.0 Å². The molecule has 0 saturated carbocycles. The van der Waals surface area contributed by atoms with Gasteiger partial charge in [0.2, 0.25) is 5.91 Å². The number of nitrogens with one attached hydrogen (secondary N) is 1. The average Bonchev–Trinajstić information content (AvgIpc) is 2.39. The van der Waals surface area contributed by atoms with Crippen molar-refractivity contribution in [3.8, 4) is 0 Å². The smallest absolute Gasteiger partial charge is 0.223 e. The Balaban J connectivity index is 2.07. The Kier molecular flexibility index (Phi) is 4.07. The maximum Gasteiger partial charge on any atom is 0.223 e. The largest absolute Gasteiger partial charge is 0.356 e. The van der Waals surface area contributed by atoms with E-state index in [1.807, 2.05) is 43.3 Å². The number of rotatable bonds is 4. The molecule has 1 aromatic carbocycles. The van der Waals surface area contributed by atoms with Crippen LogP contribution in [0.15, 0.2) is 42.6 Å². The number of nitrogens with zero attached hydrogens (tertiary/aromatic N) is 1. The molecular formula is C15H16N2O. The zero-order valence-corrected chi connectivity index (χ0v) is 10.4. The van der Waals surface area contributed by atoms with E-state index in [-0.39, 0.29) is 5.91 Å². The Morgan fingerprint density at radius 2 is 2.28 bits per heavy atom. The van der Waals surface area contributed by atoms with E-state index >= 15 is 0 Å². The Morgan fingerprint density at radius 3 is 3.11 bits per heavy atom. The molecule has 0 aliphatic rings. The highest BCUT2D eigenvalue weighted by Crippen LogP contribution is 2.14. The van der Waals surface area contributed by atoms with Crippen molar-refractivity contribution < 1.29 is 4.79 Å². The Bertz CT molecular complexity index is 575. The predicted octanol–water partition coefficient (Wildman–Crippen LogP) is 2.77. The highest BCUT2D eigenvalue weighted by Gasteiger charge is 1.96. The minimum atomic E-state index is 0.0520. The van der Waals surface area contributed by atoms with E-state index in [4.69, 9.17) is 0 Å². The molecule has 1 amide bonds. The van der Waals surface area contributed by atoms with Crippen LogP contribution in [0, 0.1) is 0 Å². The standard InChI is InChI=1S/C15H16N2O/c1-2-16-15(18)7-3-5-12-8-9-14-13(11-12)6-4-10-17-14/h3-6,8-11H,2,7H2,1H3,(H,16,18)/b5-3+. The number of pyridine rings is 1. The van der Waals surface area contributed by atoms with Gasteiger partial charge in [-0.3, -0.25) is 9.78 Å².